The second-order valence-electron chi connectivity index (χ2n) is 9.01. The lowest BCUT2D eigenvalue weighted by Crippen LogP contribution is -2.24. The lowest BCUT2D eigenvalue weighted by atomic mass is 10.0. The maximum atomic E-state index is 13.5. The van der Waals surface area contributed by atoms with Crippen LogP contribution in [0.15, 0.2) is 65.6 Å². The largest absolute Gasteiger partial charge is 0.493 e. The Hall–Kier alpha value is -4.79. The number of pyridine rings is 1. The molecule has 3 aromatic carbocycles. The summed E-state index contributed by atoms with van der Waals surface area (Å²) in [4.78, 5) is 40.2. The number of methoxy groups -OCH3 is 2. The van der Waals surface area contributed by atoms with E-state index in [0.717, 1.165) is 12.0 Å². The zero-order valence-electron chi connectivity index (χ0n) is 21.9. The SMILES string of the molecule is CCc1ccc(C(=O)c2cn(CC(=O)Nc3ccc4c(c3)OCCO4)c3cc(OC)c(OC)cc3c2=O)cc1. The number of ether oxygens (including phenoxy) is 4. The number of carbonyl (C=O) groups excluding carboxylic acids is 2. The first-order chi connectivity index (χ1) is 18.9. The van der Waals surface area contributed by atoms with Crippen LogP contribution < -0.4 is 29.7 Å². The van der Waals surface area contributed by atoms with Crippen LogP contribution >= 0.6 is 0 Å². The first-order valence-corrected chi connectivity index (χ1v) is 12.5. The number of aromatic nitrogens is 1. The smallest absolute Gasteiger partial charge is 0.244 e. The van der Waals surface area contributed by atoms with Crippen molar-refractivity contribution in [3.63, 3.8) is 0 Å². The Morgan fingerprint density at radius 2 is 1.62 bits per heavy atom. The highest BCUT2D eigenvalue weighted by atomic mass is 16.6. The molecule has 0 bridgehead atoms. The van der Waals surface area contributed by atoms with Crippen LogP contribution in [0.3, 0.4) is 0 Å². The molecule has 9 nitrogen and oxygen atoms in total. The van der Waals surface area contributed by atoms with E-state index in [2.05, 4.69) is 5.32 Å². The van der Waals surface area contributed by atoms with Crippen LogP contribution in [0.2, 0.25) is 0 Å². The van der Waals surface area contributed by atoms with Gasteiger partial charge in [0.05, 0.1) is 30.7 Å². The van der Waals surface area contributed by atoms with Crippen LogP contribution in [0.25, 0.3) is 10.9 Å². The van der Waals surface area contributed by atoms with E-state index in [-0.39, 0.29) is 23.4 Å². The molecule has 0 saturated heterocycles. The van der Waals surface area contributed by atoms with E-state index < -0.39 is 11.2 Å². The lowest BCUT2D eigenvalue weighted by Gasteiger charge is -2.19. The second-order valence-corrected chi connectivity index (χ2v) is 9.01. The maximum Gasteiger partial charge on any atom is 0.244 e. The molecule has 9 heteroatoms. The Labute approximate surface area is 224 Å². The van der Waals surface area contributed by atoms with Crippen molar-refractivity contribution in [2.75, 3.05) is 32.8 Å². The van der Waals surface area contributed by atoms with Crippen LogP contribution in [0.1, 0.15) is 28.4 Å². The average Bonchev–Trinajstić information content (AvgIpc) is 2.97. The van der Waals surface area contributed by atoms with Crippen molar-refractivity contribution >= 4 is 28.3 Å². The Balaban J connectivity index is 1.55. The minimum atomic E-state index is -0.459. The summed E-state index contributed by atoms with van der Waals surface area (Å²) < 4.78 is 23.5. The Kier molecular flexibility index (Phi) is 7.23. The molecule has 1 aromatic heterocycles. The van der Waals surface area contributed by atoms with Gasteiger partial charge in [0, 0.05) is 29.6 Å². The third-order valence-corrected chi connectivity index (χ3v) is 6.59. The van der Waals surface area contributed by atoms with Gasteiger partial charge in [-0.2, -0.15) is 0 Å². The number of nitrogens with zero attached hydrogens (tertiary/aromatic N) is 1. The molecule has 1 aliphatic rings. The number of rotatable bonds is 8. The lowest BCUT2D eigenvalue weighted by molar-refractivity contribution is -0.116. The highest BCUT2D eigenvalue weighted by molar-refractivity contribution is 6.10. The normalized spacial score (nSPS) is 12.2. The van der Waals surface area contributed by atoms with Crippen molar-refractivity contribution in [3.05, 3.63) is 87.7 Å². The van der Waals surface area contributed by atoms with Crippen molar-refractivity contribution in [2.24, 2.45) is 0 Å². The molecular weight excluding hydrogens is 500 g/mol. The van der Waals surface area contributed by atoms with Gasteiger partial charge in [0.25, 0.3) is 0 Å². The summed E-state index contributed by atoms with van der Waals surface area (Å²) in [6.07, 6.45) is 2.26. The van der Waals surface area contributed by atoms with Gasteiger partial charge in [0.2, 0.25) is 11.3 Å². The summed E-state index contributed by atoms with van der Waals surface area (Å²) in [5.74, 6) is 1.09. The summed E-state index contributed by atoms with van der Waals surface area (Å²) in [5.41, 5.74) is 1.91. The van der Waals surface area contributed by atoms with Gasteiger partial charge in [-0.05, 0) is 30.2 Å². The summed E-state index contributed by atoms with van der Waals surface area (Å²) in [6.45, 7) is 2.75. The number of aryl methyl sites for hydroxylation is 1. The number of hydrogen-bond acceptors (Lipinski definition) is 7. The number of anilines is 1. The number of fused-ring (bicyclic) bond motifs is 2. The van der Waals surface area contributed by atoms with Gasteiger partial charge < -0.3 is 28.8 Å². The summed E-state index contributed by atoms with van der Waals surface area (Å²) in [6, 6.07) is 15.4. The Morgan fingerprint density at radius 3 is 2.31 bits per heavy atom. The van der Waals surface area contributed by atoms with Gasteiger partial charge in [-0.3, -0.25) is 14.4 Å². The van der Waals surface area contributed by atoms with Crippen molar-refractivity contribution in [2.45, 2.75) is 19.9 Å². The van der Waals surface area contributed by atoms with Crippen LogP contribution in [0, 0.1) is 0 Å². The molecule has 0 radical (unpaired) electrons. The first kappa shape index (κ1) is 25.8. The third-order valence-electron chi connectivity index (χ3n) is 6.59. The minimum Gasteiger partial charge on any atom is -0.493 e. The standard InChI is InChI=1S/C30H28N2O7/c1-4-18-5-7-19(8-6-18)29(34)22-16-32(23-15-26(37-3)25(36-2)14-21(23)30(22)35)17-28(33)31-20-9-10-24-27(13-20)39-12-11-38-24/h5-10,13-16H,4,11-12,17H2,1-3H3,(H,31,33). The molecule has 200 valence electrons. The quantitative estimate of drug-likeness (QED) is 0.342. The summed E-state index contributed by atoms with van der Waals surface area (Å²) in [7, 11) is 2.95. The van der Waals surface area contributed by atoms with Crippen molar-refractivity contribution in [1.29, 1.82) is 0 Å². The number of amides is 1. The second kappa shape index (κ2) is 10.9. The number of carbonyl (C=O) groups is 2. The van der Waals surface area contributed by atoms with Gasteiger partial charge >= 0.3 is 0 Å². The van der Waals surface area contributed by atoms with E-state index in [0.29, 0.717) is 53.0 Å². The Bertz CT molecular complexity index is 1620. The van der Waals surface area contributed by atoms with E-state index in [1.54, 1.807) is 41.0 Å². The predicted molar refractivity (Wildman–Crippen MR) is 147 cm³/mol. The third kappa shape index (κ3) is 5.16. The molecule has 1 aliphatic heterocycles. The monoisotopic (exact) mass is 528 g/mol. The van der Waals surface area contributed by atoms with Crippen LogP contribution in [-0.4, -0.2) is 43.7 Å². The van der Waals surface area contributed by atoms with Gasteiger partial charge in [-0.1, -0.05) is 31.2 Å². The summed E-state index contributed by atoms with van der Waals surface area (Å²) in [5, 5.41) is 3.08. The van der Waals surface area contributed by atoms with Crippen molar-refractivity contribution in [3.8, 4) is 23.0 Å². The predicted octanol–water partition coefficient (Wildman–Crippen LogP) is 4.22. The molecule has 0 aliphatic carbocycles. The fourth-order valence-electron chi connectivity index (χ4n) is 4.53. The topological polar surface area (TPSA) is 105 Å². The number of hydrogen-bond donors (Lipinski definition) is 1. The van der Waals surface area contributed by atoms with Gasteiger partial charge in [0.1, 0.15) is 19.8 Å². The van der Waals surface area contributed by atoms with E-state index >= 15 is 0 Å². The van der Waals surface area contributed by atoms with E-state index in [9.17, 15) is 14.4 Å². The zero-order chi connectivity index (χ0) is 27.5. The Morgan fingerprint density at radius 1 is 0.923 bits per heavy atom. The molecule has 0 atom stereocenters. The molecule has 0 saturated carbocycles. The first-order valence-electron chi connectivity index (χ1n) is 12.5. The van der Waals surface area contributed by atoms with Crippen molar-refractivity contribution in [1.82, 2.24) is 4.57 Å². The zero-order valence-corrected chi connectivity index (χ0v) is 21.9. The molecule has 5 rings (SSSR count). The van der Waals surface area contributed by atoms with Crippen LogP contribution in [0.5, 0.6) is 23.0 Å². The molecule has 4 aromatic rings. The van der Waals surface area contributed by atoms with Gasteiger partial charge in [-0.25, -0.2) is 0 Å². The molecule has 2 heterocycles. The number of benzene rings is 3. The minimum absolute atomic E-state index is 0.0499. The number of nitrogens with one attached hydrogen (secondary N) is 1. The van der Waals surface area contributed by atoms with Crippen LogP contribution in [-0.2, 0) is 17.8 Å². The molecule has 0 spiro atoms. The van der Waals surface area contributed by atoms with E-state index in [1.807, 2.05) is 19.1 Å². The molecule has 1 amide bonds. The summed E-state index contributed by atoms with van der Waals surface area (Å²) >= 11 is 0. The molecular formula is C30H28N2O7. The molecule has 1 N–H and O–H groups in total. The van der Waals surface area contributed by atoms with Crippen molar-refractivity contribution < 1.29 is 28.5 Å². The van der Waals surface area contributed by atoms with E-state index in [4.69, 9.17) is 18.9 Å². The van der Waals surface area contributed by atoms with E-state index in [1.165, 1.54) is 26.5 Å². The highest BCUT2D eigenvalue weighted by Gasteiger charge is 2.21. The fourth-order valence-corrected chi connectivity index (χ4v) is 4.53. The number of ketones is 1. The van der Waals surface area contributed by atoms with Crippen LogP contribution in [0.4, 0.5) is 5.69 Å². The molecule has 39 heavy (non-hydrogen) atoms. The average molecular weight is 529 g/mol. The maximum absolute atomic E-state index is 13.5. The highest BCUT2D eigenvalue weighted by Crippen LogP contribution is 2.33. The molecule has 0 unspecified atom stereocenters. The van der Waals surface area contributed by atoms with Gasteiger partial charge in [-0.15, -0.1) is 0 Å². The van der Waals surface area contributed by atoms with Gasteiger partial charge in [0.15, 0.2) is 28.8 Å². The molecule has 0 fully saturated rings. The fraction of sp³-hybridized carbons (Fsp3) is 0.233.